The number of allylic oxidation sites excluding steroid dienone is 1. The van der Waals surface area contributed by atoms with E-state index < -0.39 is 5.97 Å². The van der Waals surface area contributed by atoms with Gasteiger partial charge < -0.3 is 19.8 Å². The summed E-state index contributed by atoms with van der Waals surface area (Å²) in [5, 5.41) is 7.86. The highest BCUT2D eigenvalue weighted by atomic mass is 32.1. The summed E-state index contributed by atoms with van der Waals surface area (Å²) in [4.78, 5) is 40.0. The number of ketones is 2. The Morgan fingerprint density at radius 2 is 1.52 bits per heavy atom. The molecule has 0 bridgehead atoms. The van der Waals surface area contributed by atoms with Crippen LogP contribution < -0.4 is 0 Å². The molecule has 3 saturated heterocycles. The minimum atomic E-state index is -0.787. The second-order valence-electron chi connectivity index (χ2n) is 5.75. The first kappa shape index (κ1) is 15.9. The van der Waals surface area contributed by atoms with Gasteiger partial charge >= 0.3 is 5.97 Å². The molecule has 0 aromatic carbocycles. The summed E-state index contributed by atoms with van der Waals surface area (Å²) in [7, 11) is 0. The molecular weight excluding hydrogens is 318 g/mol. The third-order valence-corrected chi connectivity index (χ3v) is 4.04. The average molecular weight is 337 g/mol. The number of aliphatic carboxylic acids is 1. The van der Waals surface area contributed by atoms with E-state index in [-0.39, 0.29) is 18.0 Å². The Bertz CT molecular complexity index is 616. The van der Waals surface area contributed by atoms with E-state index in [9.17, 15) is 14.4 Å². The lowest BCUT2D eigenvalue weighted by molar-refractivity contribution is -0.136. The van der Waals surface area contributed by atoms with Crippen LogP contribution in [0.4, 0.5) is 0 Å². The molecule has 0 atom stereocenters. The first-order valence-electron chi connectivity index (χ1n) is 7.65. The molecule has 7 nitrogen and oxygen atoms in total. The molecule has 0 unspecified atom stereocenters. The molecule has 4 aliphatic rings. The molecular formula is C15H19N3O4S. The van der Waals surface area contributed by atoms with Crippen molar-refractivity contribution < 1.29 is 19.5 Å². The quantitative estimate of drug-likeness (QED) is 0.400. The van der Waals surface area contributed by atoms with Crippen molar-refractivity contribution >= 4 is 30.2 Å². The van der Waals surface area contributed by atoms with Gasteiger partial charge in [0.25, 0.3) is 0 Å². The van der Waals surface area contributed by atoms with E-state index in [2.05, 4.69) is 12.6 Å². The van der Waals surface area contributed by atoms with E-state index in [1.54, 1.807) is 0 Å². The lowest BCUT2D eigenvalue weighted by Crippen LogP contribution is -2.29. The normalized spacial score (nSPS) is 21.8. The lowest BCUT2D eigenvalue weighted by atomic mass is 10.0. The molecule has 0 aromatic rings. The Hall–Kier alpha value is -1.96. The Labute approximate surface area is 139 Å². The van der Waals surface area contributed by atoms with Crippen molar-refractivity contribution in [3.63, 3.8) is 0 Å². The fourth-order valence-corrected chi connectivity index (χ4v) is 2.56. The molecule has 0 amide bonds. The molecule has 0 aromatic heterocycles. The van der Waals surface area contributed by atoms with Gasteiger partial charge in [0.15, 0.2) is 0 Å². The third-order valence-electron chi connectivity index (χ3n) is 3.81. The molecule has 3 fully saturated rings. The lowest BCUT2D eigenvalue weighted by Gasteiger charge is -2.21. The molecule has 3 aliphatic heterocycles. The number of carbonyl (C=O) groups excluding carboxylic acids is 2. The van der Waals surface area contributed by atoms with Crippen molar-refractivity contribution in [1.82, 2.24) is 14.7 Å². The minimum Gasteiger partial charge on any atom is -0.481 e. The van der Waals surface area contributed by atoms with Gasteiger partial charge in [-0.2, -0.15) is 12.6 Å². The van der Waals surface area contributed by atoms with Crippen molar-refractivity contribution in [3.05, 3.63) is 23.2 Å². The van der Waals surface area contributed by atoms with E-state index in [1.165, 1.54) is 6.08 Å². The predicted octanol–water partition coefficient (Wildman–Crippen LogP) is -0.429. The molecule has 1 N–H and O–H groups in total. The van der Waals surface area contributed by atoms with Crippen LogP contribution in [0.2, 0.25) is 0 Å². The van der Waals surface area contributed by atoms with Crippen molar-refractivity contribution in [2.45, 2.75) is 6.42 Å². The molecule has 124 valence electrons. The van der Waals surface area contributed by atoms with Crippen LogP contribution in [0.1, 0.15) is 6.42 Å². The van der Waals surface area contributed by atoms with Gasteiger partial charge in [0.2, 0.25) is 11.6 Å². The molecule has 0 radical (unpaired) electrons. The number of carboxylic acids is 1. The van der Waals surface area contributed by atoms with Crippen LogP contribution in [-0.4, -0.2) is 82.4 Å². The van der Waals surface area contributed by atoms with Gasteiger partial charge in [-0.05, 0) is 0 Å². The van der Waals surface area contributed by atoms with Crippen molar-refractivity contribution in [3.8, 4) is 0 Å². The smallest absolute Gasteiger partial charge is 0.304 e. The van der Waals surface area contributed by atoms with Gasteiger partial charge in [0, 0.05) is 51.1 Å². The second-order valence-corrected chi connectivity index (χ2v) is 6.20. The number of carbonyl (C=O) groups is 3. The highest BCUT2D eigenvalue weighted by Crippen LogP contribution is 2.33. The fourth-order valence-electron chi connectivity index (χ4n) is 2.37. The molecule has 1 aliphatic carbocycles. The van der Waals surface area contributed by atoms with Gasteiger partial charge in [-0.15, -0.1) is 0 Å². The summed E-state index contributed by atoms with van der Waals surface area (Å²) in [6.45, 7) is 5.41. The largest absolute Gasteiger partial charge is 0.481 e. The number of thiol groups is 1. The molecule has 8 heteroatoms. The maximum Gasteiger partial charge on any atom is 0.304 e. The maximum atomic E-state index is 12.4. The van der Waals surface area contributed by atoms with Gasteiger partial charge in [-0.3, -0.25) is 14.4 Å². The van der Waals surface area contributed by atoms with Crippen molar-refractivity contribution in [1.29, 1.82) is 0 Å². The Morgan fingerprint density at radius 3 is 1.91 bits per heavy atom. The number of nitrogens with zero attached hydrogens (tertiary/aromatic N) is 3. The zero-order chi connectivity index (χ0) is 16.6. The Kier molecular flexibility index (Phi) is 4.34. The van der Waals surface area contributed by atoms with E-state index in [0.717, 1.165) is 39.3 Å². The van der Waals surface area contributed by atoms with Gasteiger partial charge in [-0.25, -0.2) is 0 Å². The van der Waals surface area contributed by atoms with Gasteiger partial charge in [0.1, 0.15) is 11.4 Å². The van der Waals surface area contributed by atoms with Crippen LogP contribution in [0, 0.1) is 0 Å². The highest BCUT2D eigenvalue weighted by Gasteiger charge is 2.43. The van der Waals surface area contributed by atoms with Gasteiger partial charge in [0.05, 0.1) is 12.1 Å². The number of hydrogen-bond donors (Lipinski definition) is 2. The number of hydrogen-bond acceptors (Lipinski definition) is 7. The number of rotatable bonds is 5. The third kappa shape index (κ3) is 3.69. The summed E-state index contributed by atoms with van der Waals surface area (Å²) >= 11 is 3.68. The SMILES string of the molecule is O=C(O)CCS.O=C1C=C(N2CC2)C(=O)C(N2CC2)=C1N1CC1. The summed E-state index contributed by atoms with van der Waals surface area (Å²) in [6, 6.07) is 0. The van der Waals surface area contributed by atoms with Crippen LogP contribution >= 0.6 is 12.6 Å². The highest BCUT2D eigenvalue weighted by molar-refractivity contribution is 7.80. The fraction of sp³-hybridized carbons (Fsp3) is 0.533. The molecule has 3 heterocycles. The number of Topliss-reactive ketones (excluding diaryl/α,β-unsaturated/α-hetero) is 1. The molecule has 23 heavy (non-hydrogen) atoms. The van der Waals surface area contributed by atoms with Crippen molar-refractivity contribution in [2.24, 2.45) is 0 Å². The predicted molar refractivity (Wildman–Crippen MR) is 85.9 cm³/mol. The maximum absolute atomic E-state index is 12.4. The number of carboxylic acid groups (broad SMARTS) is 1. The van der Waals surface area contributed by atoms with E-state index in [1.807, 2.05) is 14.7 Å². The van der Waals surface area contributed by atoms with E-state index in [4.69, 9.17) is 5.11 Å². The summed E-state index contributed by atoms with van der Waals surface area (Å²) < 4.78 is 0. The monoisotopic (exact) mass is 337 g/mol. The average Bonchev–Trinajstić information content (AvgIpc) is 3.37. The first-order valence-corrected chi connectivity index (χ1v) is 8.28. The second kappa shape index (κ2) is 6.27. The van der Waals surface area contributed by atoms with Crippen LogP contribution in [0.25, 0.3) is 0 Å². The molecule has 0 spiro atoms. The van der Waals surface area contributed by atoms with Crippen LogP contribution in [0.5, 0.6) is 0 Å². The zero-order valence-electron chi connectivity index (χ0n) is 12.7. The van der Waals surface area contributed by atoms with Crippen molar-refractivity contribution in [2.75, 3.05) is 45.0 Å². The van der Waals surface area contributed by atoms with Gasteiger partial charge in [-0.1, -0.05) is 0 Å². The first-order chi connectivity index (χ1) is 11.0. The molecule has 0 saturated carbocycles. The van der Waals surface area contributed by atoms with Crippen LogP contribution in [-0.2, 0) is 14.4 Å². The van der Waals surface area contributed by atoms with Crippen LogP contribution in [0.15, 0.2) is 23.2 Å². The summed E-state index contributed by atoms with van der Waals surface area (Å²) in [6.07, 6.45) is 1.68. The Morgan fingerprint density at radius 1 is 1.00 bits per heavy atom. The van der Waals surface area contributed by atoms with E-state index in [0.29, 0.717) is 22.8 Å². The standard InChI is InChI=1S/C12H13N3O2.C3H6O2S/c16-9-7-8(13-1-2-13)12(17)11(15-5-6-15)10(9)14-3-4-14;4-3(5)1-2-6/h7H,1-6H2;6H,1-2H2,(H,4,5). The summed E-state index contributed by atoms with van der Waals surface area (Å²) in [5.41, 5.74) is 1.89. The minimum absolute atomic E-state index is 0.00546. The molecule has 4 rings (SSSR count). The van der Waals surface area contributed by atoms with Crippen LogP contribution in [0.3, 0.4) is 0 Å². The van der Waals surface area contributed by atoms with E-state index >= 15 is 0 Å². The topological polar surface area (TPSA) is 80.5 Å². The summed E-state index contributed by atoms with van der Waals surface area (Å²) in [5.74, 6) is -0.313. The zero-order valence-corrected chi connectivity index (χ0v) is 13.6. The Balaban J connectivity index is 0.000000227.